The first-order valence-corrected chi connectivity index (χ1v) is 7.87. The highest BCUT2D eigenvalue weighted by Crippen LogP contribution is 2.37. The number of carbonyl (C=O) groups excluding carboxylic acids is 1. The zero-order chi connectivity index (χ0) is 16.0. The molecular weight excluding hydrogens is 356 g/mol. The van der Waals surface area contributed by atoms with E-state index in [1.807, 2.05) is 36.4 Å². The van der Waals surface area contributed by atoms with E-state index in [0.29, 0.717) is 15.8 Å². The van der Waals surface area contributed by atoms with Crippen LogP contribution in [0.2, 0.25) is 0 Å². The van der Waals surface area contributed by atoms with Gasteiger partial charge >= 0.3 is 0 Å². The zero-order valence-electron chi connectivity index (χ0n) is 11.9. The SMILES string of the molecule is O=C1/C(=C/c2ccc(O)c(Br)c2)Oc2ccc3ccccc3c21. The second kappa shape index (κ2) is 5.25. The van der Waals surface area contributed by atoms with Gasteiger partial charge in [-0.05, 0) is 56.5 Å². The molecule has 0 atom stereocenters. The monoisotopic (exact) mass is 366 g/mol. The molecule has 112 valence electrons. The van der Waals surface area contributed by atoms with Crippen LogP contribution in [0.1, 0.15) is 15.9 Å². The minimum Gasteiger partial charge on any atom is -0.507 e. The Balaban J connectivity index is 1.81. The highest BCUT2D eigenvalue weighted by molar-refractivity contribution is 9.10. The molecule has 4 heteroatoms. The lowest BCUT2D eigenvalue weighted by Crippen LogP contribution is -1.98. The van der Waals surface area contributed by atoms with E-state index in [4.69, 9.17) is 4.74 Å². The van der Waals surface area contributed by atoms with Gasteiger partial charge in [-0.2, -0.15) is 0 Å². The Labute approximate surface area is 141 Å². The smallest absolute Gasteiger partial charge is 0.232 e. The number of halogens is 1. The molecule has 0 saturated carbocycles. The number of allylic oxidation sites excluding steroid dienone is 1. The van der Waals surface area contributed by atoms with E-state index in [0.717, 1.165) is 16.3 Å². The molecular formula is C19H11BrO3. The summed E-state index contributed by atoms with van der Waals surface area (Å²) in [5.74, 6) is 0.896. The Morgan fingerprint density at radius 2 is 1.87 bits per heavy atom. The van der Waals surface area contributed by atoms with Crippen molar-refractivity contribution in [1.82, 2.24) is 0 Å². The molecule has 1 aliphatic heterocycles. The number of Topliss-reactive ketones (excluding diaryl/α,β-unsaturated/α-hetero) is 1. The highest BCUT2D eigenvalue weighted by Gasteiger charge is 2.29. The van der Waals surface area contributed by atoms with Crippen LogP contribution in [-0.4, -0.2) is 10.9 Å². The standard InChI is InChI=1S/C19H11BrO3/c20-14-9-11(5-7-15(14)21)10-17-19(22)18-13-4-2-1-3-12(13)6-8-16(18)23-17/h1-10,21H/b17-10-. The maximum atomic E-state index is 12.7. The molecule has 3 aromatic carbocycles. The van der Waals surface area contributed by atoms with Crippen molar-refractivity contribution in [3.8, 4) is 11.5 Å². The van der Waals surface area contributed by atoms with Crippen molar-refractivity contribution in [2.24, 2.45) is 0 Å². The molecule has 0 spiro atoms. The number of ether oxygens (including phenoxy) is 1. The first kappa shape index (κ1) is 14.0. The van der Waals surface area contributed by atoms with Crippen molar-refractivity contribution in [1.29, 1.82) is 0 Å². The molecule has 0 fully saturated rings. The fourth-order valence-corrected chi connectivity index (χ4v) is 3.11. The molecule has 0 saturated heterocycles. The van der Waals surface area contributed by atoms with Crippen LogP contribution >= 0.6 is 15.9 Å². The normalized spacial score (nSPS) is 15.0. The summed E-state index contributed by atoms with van der Waals surface area (Å²) in [7, 11) is 0. The van der Waals surface area contributed by atoms with Gasteiger partial charge in [-0.1, -0.05) is 36.4 Å². The molecule has 4 rings (SSSR count). The predicted molar refractivity (Wildman–Crippen MR) is 92.7 cm³/mol. The number of hydrogen-bond donors (Lipinski definition) is 1. The quantitative estimate of drug-likeness (QED) is 0.621. The number of phenols is 1. The van der Waals surface area contributed by atoms with Gasteiger partial charge in [0.25, 0.3) is 0 Å². The third-order valence-electron chi connectivity index (χ3n) is 3.83. The van der Waals surface area contributed by atoms with Crippen molar-refractivity contribution in [2.45, 2.75) is 0 Å². The van der Waals surface area contributed by atoms with Crippen LogP contribution in [0.3, 0.4) is 0 Å². The average molecular weight is 367 g/mol. The van der Waals surface area contributed by atoms with E-state index in [1.54, 1.807) is 24.3 Å². The molecule has 1 N–H and O–H groups in total. The Morgan fingerprint density at radius 1 is 1.04 bits per heavy atom. The van der Waals surface area contributed by atoms with Crippen molar-refractivity contribution >= 4 is 38.6 Å². The first-order chi connectivity index (χ1) is 11.1. The summed E-state index contributed by atoms with van der Waals surface area (Å²) in [6, 6.07) is 16.6. The summed E-state index contributed by atoms with van der Waals surface area (Å²) in [5.41, 5.74) is 1.38. The number of hydrogen-bond acceptors (Lipinski definition) is 3. The fraction of sp³-hybridized carbons (Fsp3) is 0. The number of phenolic OH excluding ortho intramolecular Hbond substituents is 1. The van der Waals surface area contributed by atoms with Crippen LogP contribution in [0.15, 0.2) is 64.8 Å². The second-order valence-electron chi connectivity index (χ2n) is 5.31. The predicted octanol–water partition coefficient (Wildman–Crippen LogP) is 4.92. The lowest BCUT2D eigenvalue weighted by molar-refractivity contribution is 0.101. The summed E-state index contributed by atoms with van der Waals surface area (Å²) in [5, 5.41) is 11.5. The van der Waals surface area contributed by atoms with Crippen LogP contribution in [0.5, 0.6) is 11.5 Å². The van der Waals surface area contributed by atoms with Crippen molar-refractivity contribution in [3.63, 3.8) is 0 Å². The molecule has 0 bridgehead atoms. The number of rotatable bonds is 1. The molecule has 0 aromatic heterocycles. The lowest BCUT2D eigenvalue weighted by Gasteiger charge is -2.01. The molecule has 0 amide bonds. The Bertz CT molecular complexity index is 989. The summed E-state index contributed by atoms with van der Waals surface area (Å²) >= 11 is 3.27. The first-order valence-electron chi connectivity index (χ1n) is 7.08. The minimum atomic E-state index is -0.124. The van der Waals surface area contributed by atoms with E-state index in [2.05, 4.69) is 15.9 Å². The molecule has 23 heavy (non-hydrogen) atoms. The average Bonchev–Trinajstić information content (AvgIpc) is 2.87. The van der Waals surface area contributed by atoms with Gasteiger partial charge in [0.1, 0.15) is 11.5 Å². The van der Waals surface area contributed by atoms with Crippen LogP contribution in [0, 0.1) is 0 Å². The van der Waals surface area contributed by atoms with Gasteiger partial charge in [-0.3, -0.25) is 4.79 Å². The highest BCUT2D eigenvalue weighted by atomic mass is 79.9. The third kappa shape index (κ3) is 2.32. The van der Waals surface area contributed by atoms with Crippen LogP contribution in [-0.2, 0) is 0 Å². The Morgan fingerprint density at radius 3 is 2.70 bits per heavy atom. The zero-order valence-corrected chi connectivity index (χ0v) is 13.5. The number of ketones is 1. The summed E-state index contributed by atoms with van der Waals surface area (Å²) in [6.07, 6.45) is 1.68. The maximum Gasteiger partial charge on any atom is 0.232 e. The van der Waals surface area contributed by atoms with Crippen LogP contribution in [0.25, 0.3) is 16.8 Å². The molecule has 3 nitrogen and oxygen atoms in total. The third-order valence-corrected chi connectivity index (χ3v) is 4.47. The van der Waals surface area contributed by atoms with Crippen molar-refractivity contribution in [2.75, 3.05) is 0 Å². The van der Waals surface area contributed by atoms with Gasteiger partial charge in [0.2, 0.25) is 5.78 Å². The molecule has 0 unspecified atom stereocenters. The van der Waals surface area contributed by atoms with Gasteiger partial charge < -0.3 is 9.84 Å². The number of benzene rings is 3. The van der Waals surface area contributed by atoms with E-state index in [9.17, 15) is 9.90 Å². The van der Waals surface area contributed by atoms with E-state index in [-0.39, 0.29) is 17.3 Å². The molecule has 1 aliphatic rings. The van der Waals surface area contributed by atoms with Gasteiger partial charge in [0.15, 0.2) is 5.76 Å². The maximum absolute atomic E-state index is 12.7. The molecule has 1 heterocycles. The van der Waals surface area contributed by atoms with E-state index < -0.39 is 0 Å². The molecule has 0 radical (unpaired) electrons. The summed E-state index contributed by atoms with van der Waals surface area (Å²) < 4.78 is 6.30. The minimum absolute atomic E-state index is 0.124. The Hall–Kier alpha value is -2.59. The number of fused-ring (bicyclic) bond motifs is 3. The molecule has 3 aromatic rings. The van der Waals surface area contributed by atoms with Gasteiger partial charge in [-0.25, -0.2) is 0 Å². The largest absolute Gasteiger partial charge is 0.507 e. The van der Waals surface area contributed by atoms with Crippen LogP contribution in [0.4, 0.5) is 0 Å². The van der Waals surface area contributed by atoms with Crippen LogP contribution < -0.4 is 4.74 Å². The topological polar surface area (TPSA) is 46.5 Å². The number of aromatic hydroxyl groups is 1. The van der Waals surface area contributed by atoms with Gasteiger partial charge in [0.05, 0.1) is 10.0 Å². The van der Waals surface area contributed by atoms with Crippen molar-refractivity contribution < 1.29 is 14.6 Å². The summed E-state index contributed by atoms with van der Waals surface area (Å²) in [4.78, 5) is 12.7. The van der Waals surface area contributed by atoms with Crippen molar-refractivity contribution in [3.05, 3.63) is 76.0 Å². The Kier molecular flexibility index (Phi) is 3.20. The van der Waals surface area contributed by atoms with Gasteiger partial charge in [-0.15, -0.1) is 0 Å². The second-order valence-corrected chi connectivity index (χ2v) is 6.16. The fourth-order valence-electron chi connectivity index (χ4n) is 2.72. The summed E-state index contributed by atoms with van der Waals surface area (Å²) in [6.45, 7) is 0. The van der Waals surface area contributed by atoms with E-state index in [1.165, 1.54) is 0 Å². The lowest BCUT2D eigenvalue weighted by atomic mass is 10.0. The molecule has 0 aliphatic carbocycles. The van der Waals surface area contributed by atoms with E-state index >= 15 is 0 Å². The number of carbonyl (C=O) groups is 1. The van der Waals surface area contributed by atoms with Gasteiger partial charge in [0, 0.05) is 0 Å².